The fraction of sp³-hybridized carbons (Fsp3) is 0.0769. The smallest absolute Gasteiger partial charge is 0.176 e. The van der Waals surface area contributed by atoms with E-state index >= 15 is 0 Å². The zero-order chi connectivity index (χ0) is 12.8. The van der Waals surface area contributed by atoms with E-state index in [2.05, 4.69) is 15.6 Å². The number of anilines is 2. The van der Waals surface area contributed by atoms with Crippen LogP contribution in [0, 0.1) is 0 Å². The summed E-state index contributed by atoms with van der Waals surface area (Å²) in [6, 6.07) is 13.1. The van der Waals surface area contributed by atoms with Gasteiger partial charge in [-0.25, -0.2) is 4.98 Å². The summed E-state index contributed by atoms with van der Waals surface area (Å²) in [6.07, 6.45) is 1.70. The second kappa shape index (κ2) is 5.97. The largest absolute Gasteiger partial charge is 0.497 e. The highest BCUT2D eigenvalue weighted by atomic mass is 32.1. The average Bonchev–Trinajstić information content (AvgIpc) is 2.40. The molecule has 0 spiro atoms. The number of benzene rings is 1. The molecule has 0 aliphatic heterocycles. The van der Waals surface area contributed by atoms with Crippen molar-refractivity contribution in [2.75, 3.05) is 17.7 Å². The number of nitrogens with one attached hydrogen (secondary N) is 2. The van der Waals surface area contributed by atoms with Gasteiger partial charge in [-0.15, -0.1) is 0 Å². The summed E-state index contributed by atoms with van der Waals surface area (Å²) >= 11 is 5.19. The zero-order valence-corrected chi connectivity index (χ0v) is 10.7. The molecule has 1 aromatic carbocycles. The van der Waals surface area contributed by atoms with E-state index in [9.17, 15) is 0 Å². The van der Waals surface area contributed by atoms with Gasteiger partial charge >= 0.3 is 0 Å². The molecule has 0 saturated carbocycles. The standard InChI is InChI=1S/C13H13N3OS/c1-17-11-6-4-5-10(9-11)15-13(18)16-12-7-2-3-8-14-12/h2-9H,1H3,(H2,14,15,16,18). The lowest BCUT2D eigenvalue weighted by Gasteiger charge is -2.10. The number of hydrogen-bond donors (Lipinski definition) is 2. The molecule has 2 N–H and O–H groups in total. The predicted octanol–water partition coefficient (Wildman–Crippen LogP) is 2.90. The summed E-state index contributed by atoms with van der Waals surface area (Å²) in [5.74, 6) is 1.48. The van der Waals surface area contributed by atoms with Gasteiger partial charge in [-0.2, -0.15) is 0 Å². The van der Waals surface area contributed by atoms with E-state index < -0.39 is 0 Å². The minimum atomic E-state index is 0.488. The van der Waals surface area contributed by atoms with E-state index in [0.29, 0.717) is 10.9 Å². The Kier molecular flexibility index (Phi) is 4.09. The van der Waals surface area contributed by atoms with E-state index in [1.54, 1.807) is 13.3 Å². The van der Waals surface area contributed by atoms with E-state index in [0.717, 1.165) is 11.4 Å². The fourth-order valence-corrected chi connectivity index (χ4v) is 1.64. The number of rotatable bonds is 3. The molecular weight excluding hydrogens is 246 g/mol. The fourth-order valence-electron chi connectivity index (χ4n) is 1.42. The Labute approximate surface area is 111 Å². The number of thiocarbonyl (C=S) groups is 1. The van der Waals surface area contributed by atoms with Crippen molar-refractivity contribution in [3.63, 3.8) is 0 Å². The Morgan fingerprint density at radius 1 is 1.17 bits per heavy atom. The van der Waals surface area contributed by atoms with Crippen LogP contribution in [0.5, 0.6) is 5.75 Å². The van der Waals surface area contributed by atoms with Gasteiger partial charge in [0.15, 0.2) is 5.11 Å². The first-order valence-electron chi connectivity index (χ1n) is 5.41. The maximum absolute atomic E-state index is 5.19. The lowest BCUT2D eigenvalue weighted by Crippen LogP contribution is -2.19. The first-order chi connectivity index (χ1) is 8.78. The van der Waals surface area contributed by atoms with Crippen LogP contribution in [0.4, 0.5) is 11.5 Å². The Bertz CT molecular complexity index is 531. The van der Waals surface area contributed by atoms with Crippen LogP contribution >= 0.6 is 12.2 Å². The molecule has 4 nitrogen and oxygen atoms in total. The minimum Gasteiger partial charge on any atom is -0.497 e. The molecule has 2 rings (SSSR count). The number of pyridine rings is 1. The average molecular weight is 259 g/mol. The normalized spacial score (nSPS) is 9.61. The molecule has 1 aromatic heterocycles. The molecular formula is C13H13N3OS. The highest BCUT2D eigenvalue weighted by Gasteiger charge is 2.00. The topological polar surface area (TPSA) is 46.2 Å². The van der Waals surface area contributed by atoms with Crippen molar-refractivity contribution in [2.45, 2.75) is 0 Å². The van der Waals surface area contributed by atoms with Crippen molar-refractivity contribution in [1.29, 1.82) is 0 Å². The van der Waals surface area contributed by atoms with Gasteiger partial charge in [0, 0.05) is 18.0 Å². The maximum atomic E-state index is 5.19. The van der Waals surface area contributed by atoms with Crippen LogP contribution in [0.3, 0.4) is 0 Å². The van der Waals surface area contributed by atoms with Crippen LogP contribution < -0.4 is 15.4 Å². The summed E-state index contributed by atoms with van der Waals surface area (Å²) in [7, 11) is 1.63. The third kappa shape index (κ3) is 3.43. The van der Waals surface area contributed by atoms with Gasteiger partial charge in [-0.3, -0.25) is 0 Å². The Morgan fingerprint density at radius 2 is 2.06 bits per heavy atom. The molecule has 92 valence electrons. The highest BCUT2D eigenvalue weighted by Crippen LogP contribution is 2.16. The Morgan fingerprint density at radius 3 is 2.78 bits per heavy atom. The summed E-state index contributed by atoms with van der Waals surface area (Å²) in [5.41, 5.74) is 0.864. The minimum absolute atomic E-state index is 0.488. The van der Waals surface area contributed by atoms with Crippen molar-refractivity contribution >= 4 is 28.8 Å². The monoisotopic (exact) mass is 259 g/mol. The molecule has 0 aliphatic carbocycles. The van der Waals surface area contributed by atoms with E-state index in [-0.39, 0.29) is 0 Å². The summed E-state index contributed by atoms with van der Waals surface area (Å²) in [6.45, 7) is 0. The summed E-state index contributed by atoms with van der Waals surface area (Å²) in [5, 5.41) is 6.55. The molecule has 0 radical (unpaired) electrons. The lowest BCUT2D eigenvalue weighted by atomic mass is 10.3. The van der Waals surface area contributed by atoms with Crippen LogP contribution in [-0.4, -0.2) is 17.2 Å². The number of ether oxygens (including phenoxy) is 1. The molecule has 0 saturated heterocycles. The van der Waals surface area contributed by atoms with Gasteiger partial charge in [0.2, 0.25) is 0 Å². The van der Waals surface area contributed by atoms with E-state index in [4.69, 9.17) is 17.0 Å². The van der Waals surface area contributed by atoms with Crippen LogP contribution in [-0.2, 0) is 0 Å². The zero-order valence-electron chi connectivity index (χ0n) is 9.88. The van der Waals surface area contributed by atoms with Crippen molar-refractivity contribution in [3.8, 4) is 5.75 Å². The molecule has 0 fully saturated rings. The molecule has 0 atom stereocenters. The lowest BCUT2D eigenvalue weighted by molar-refractivity contribution is 0.415. The van der Waals surface area contributed by atoms with Crippen LogP contribution in [0.2, 0.25) is 0 Å². The third-order valence-corrected chi connectivity index (χ3v) is 2.44. The number of methoxy groups -OCH3 is 1. The summed E-state index contributed by atoms with van der Waals surface area (Å²) in [4.78, 5) is 4.13. The van der Waals surface area contributed by atoms with Crippen LogP contribution in [0.1, 0.15) is 0 Å². The molecule has 5 heteroatoms. The van der Waals surface area contributed by atoms with Gasteiger partial charge in [-0.1, -0.05) is 12.1 Å². The number of nitrogens with zero attached hydrogens (tertiary/aromatic N) is 1. The van der Waals surface area contributed by atoms with Gasteiger partial charge in [0.05, 0.1) is 7.11 Å². The first-order valence-corrected chi connectivity index (χ1v) is 5.82. The molecule has 0 bridgehead atoms. The molecule has 1 heterocycles. The Hall–Kier alpha value is -2.14. The molecule has 0 aliphatic rings. The second-order valence-electron chi connectivity index (χ2n) is 3.53. The van der Waals surface area contributed by atoms with E-state index in [1.165, 1.54) is 0 Å². The van der Waals surface area contributed by atoms with Crippen LogP contribution in [0.15, 0.2) is 48.7 Å². The van der Waals surface area contributed by atoms with Gasteiger partial charge in [0.25, 0.3) is 0 Å². The van der Waals surface area contributed by atoms with Crippen molar-refractivity contribution in [1.82, 2.24) is 4.98 Å². The predicted molar refractivity (Wildman–Crippen MR) is 77.1 cm³/mol. The Balaban J connectivity index is 1.99. The quantitative estimate of drug-likeness (QED) is 0.830. The maximum Gasteiger partial charge on any atom is 0.176 e. The van der Waals surface area contributed by atoms with Crippen molar-refractivity contribution in [3.05, 3.63) is 48.7 Å². The van der Waals surface area contributed by atoms with Gasteiger partial charge in [-0.05, 0) is 36.5 Å². The number of aromatic nitrogens is 1. The summed E-state index contributed by atoms with van der Waals surface area (Å²) < 4.78 is 5.14. The highest BCUT2D eigenvalue weighted by molar-refractivity contribution is 7.80. The molecule has 18 heavy (non-hydrogen) atoms. The van der Waals surface area contributed by atoms with Crippen molar-refractivity contribution in [2.24, 2.45) is 0 Å². The van der Waals surface area contributed by atoms with Gasteiger partial charge < -0.3 is 15.4 Å². The second-order valence-corrected chi connectivity index (χ2v) is 3.93. The molecule has 0 unspecified atom stereocenters. The molecule has 0 amide bonds. The SMILES string of the molecule is COc1cccc(NC(=S)Nc2ccccn2)c1. The van der Waals surface area contributed by atoms with E-state index in [1.807, 2.05) is 42.5 Å². The molecule has 2 aromatic rings. The third-order valence-electron chi connectivity index (χ3n) is 2.23. The van der Waals surface area contributed by atoms with Crippen molar-refractivity contribution < 1.29 is 4.74 Å². The number of hydrogen-bond acceptors (Lipinski definition) is 3. The van der Waals surface area contributed by atoms with Crippen LogP contribution in [0.25, 0.3) is 0 Å². The van der Waals surface area contributed by atoms with Gasteiger partial charge in [0.1, 0.15) is 11.6 Å². The first kappa shape index (κ1) is 12.3.